The van der Waals surface area contributed by atoms with Gasteiger partial charge in [-0.1, -0.05) is 6.07 Å². The van der Waals surface area contributed by atoms with Crippen molar-refractivity contribution in [1.82, 2.24) is 15.3 Å². The normalized spacial score (nSPS) is 11.1. The van der Waals surface area contributed by atoms with Crippen molar-refractivity contribution in [2.24, 2.45) is 5.73 Å². The highest BCUT2D eigenvalue weighted by molar-refractivity contribution is 7.09. The Bertz CT molecular complexity index is 850. The van der Waals surface area contributed by atoms with E-state index in [0.717, 1.165) is 16.1 Å². The number of benzene rings is 1. The van der Waals surface area contributed by atoms with Crippen molar-refractivity contribution in [2.45, 2.75) is 26.8 Å². The monoisotopic (exact) mass is 328 g/mol. The number of nitrogens with one attached hydrogen (secondary N) is 2. The van der Waals surface area contributed by atoms with E-state index in [0.29, 0.717) is 25.2 Å². The molecule has 4 N–H and O–H groups in total. The Kier molecular flexibility index (Phi) is 4.45. The number of nitrogens with two attached hydrogens (primary N) is 1. The summed E-state index contributed by atoms with van der Waals surface area (Å²) in [6.07, 6.45) is 0.709. The van der Waals surface area contributed by atoms with Crippen LogP contribution in [0.25, 0.3) is 10.9 Å². The van der Waals surface area contributed by atoms with Crippen molar-refractivity contribution >= 4 is 28.1 Å². The van der Waals surface area contributed by atoms with Gasteiger partial charge >= 0.3 is 0 Å². The van der Waals surface area contributed by atoms with Gasteiger partial charge in [-0.15, -0.1) is 11.3 Å². The molecule has 0 aliphatic heterocycles. The summed E-state index contributed by atoms with van der Waals surface area (Å²) in [5.41, 5.74) is 10.6. The van der Waals surface area contributed by atoms with Crippen LogP contribution in [-0.2, 0) is 13.0 Å². The molecule has 0 unspecified atom stereocenters. The molecule has 2 heterocycles. The molecule has 0 spiro atoms. The second-order valence-electron chi connectivity index (χ2n) is 5.60. The molecule has 0 aliphatic rings. The number of thiazole rings is 1. The van der Waals surface area contributed by atoms with Crippen molar-refractivity contribution in [1.29, 1.82) is 0 Å². The zero-order valence-corrected chi connectivity index (χ0v) is 14.1. The van der Waals surface area contributed by atoms with Gasteiger partial charge in [0, 0.05) is 34.9 Å². The maximum Gasteiger partial charge on any atom is 0.271 e. The summed E-state index contributed by atoms with van der Waals surface area (Å²) in [6, 6.07) is 6.20. The average Bonchev–Trinajstić information content (AvgIpc) is 3.11. The standard InChI is InChI=1S/C17H20N4OS/c1-10-11(2)20-14-4-3-12(7-13(10)14)8-19-17(22)15-9-23-16(21-15)5-6-18/h3-4,7,9,20H,5-6,8,18H2,1-2H3,(H,19,22). The average molecular weight is 328 g/mol. The van der Waals surface area contributed by atoms with E-state index < -0.39 is 0 Å². The fourth-order valence-electron chi connectivity index (χ4n) is 2.54. The number of amides is 1. The summed E-state index contributed by atoms with van der Waals surface area (Å²) in [7, 11) is 0. The molecule has 3 aromatic rings. The molecule has 0 radical (unpaired) electrons. The van der Waals surface area contributed by atoms with Crippen molar-refractivity contribution in [3.05, 3.63) is 51.1 Å². The molecule has 2 aromatic heterocycles. The van der Waals surface area contributed by atoms with Crippen molar-refractivity contribution in [3.8, 4) is 0 Å². The number of aryl methyl sites for hydroxylation is 2. The van der Waals surface area contributed by atoms with E-state index in [9.17, 15) is 4.79 Å². The molecule has 120 valence electrons. The highest BCUT2D eigenvalue weighted by atomic mass is 32.1. The first-order chi connectivity index (χ1) is 11.1. The zero-order valence-electron chi connectivity index (χ0n) is 13.3. The van der Waals surface area contributed by atoms with E-state index in [1.807, 2.05) is 6.07 Å². The minimum absolute atomic E-state index is 0.147. The van der Waals surface area contributed by atoms with Crippen molar-refractivity contribution < 1.29 is 4.79 Å². The first-order valence-corrected chi connectivity index (χ1v) is 8.47. The van der Waals surface area contributed by atoms with E-state index in [2.05, 4.69) is 41.3 Å². The Morgan fingerprint density at radius 3 is 3.00 bits per heavy atom. The molecule has 3 rings (SSSR count). The van der Waals surface area contributed by atoms with Crippen LogP contribution in [0.2, 0.25) is 0 Å². The molecule has 6 heteroatoms. The van der Waals surface area contributed by atoms with Gasteiger partial charge in [0.25, 0.3) is 5.91 Å². The van der Waals surface area contributed by atoms with Crippen molar-refractivity contribution in [2.75, 3.05) is 6.54 Å². The van der Waals surface area contributed by atoms with E-state index in [-0.39, 0.29) is 5.91 Å². The minimum Gasteiger partial charge on any atom is -0.358 e. The van der Waals surface area contributed by atoms with Crippen LogP contribution in [-0.4, -0.2) is 22.4 Å². The number of aromatic amines is 1. The van der Waals surface area contributed by atoms with Crippen LogP contribution in [0, 0.1) is 13.8 Å². The predicted molar refractivity (Wildman–Crippen MR) is 93.8 cm³/mol. The summed E-state index contributed by atoms with van der Waals surface area (Å²) < 4.78 is 0. The number of fused-ring (bicyclic) bond motifs is 1. The summed E-state index contributed by atoms with van der Waals surface area (Å²) in [5.74, 6) is -0.147. The van der Waals surface area contributed by atoms with Gasteiger partial charge in [0.1, 0.15) is 5.69 Å². The topological polar surface area (TPSA) is 83.8 Å². The van der Waals surface area contributed by atoms with Gasteiger partial charge < -0.3 is 16.0 Å². The fourth-order valence-corrected chi connectivity index (χ4v) is 3.34. The summed E-state index contributed by atoms with van der Waals surface area (Å²) in [6.45, 7) is 5.20. The van der Waals surface area contributed by atoms with Gasteiger partial charge in [-0.2, -0.15) is 0 Å². The summed E-state index contributed by atoms with van der Waals surface area (Å²) in [5, 5.41) is 6.81. The number of H-pyrrole nitrogens is 1. The predicted octanol–water partition coefficient (Wildman–Crippen LogP) is 2.67. The highest BCUT2D eigenvalue weighted by Gasteiger charge is 2.11. The van der Waals surface area contributed by atoms with Crippen LogP contribution in [0.1, 0.15) is 32.3 Å². The molecular formula is C17H20N4OS. The zero-order chi connectivity index (χ0) is 16.4. The van der Waals surface area contributed by atoms with Gasteiger partial charge in [0.05, 0.1) is 5.01 Å². The molecule has 5 nitrogen and oxygen atoms in total. The minimum atomic E-state index is -0.147. The van der Waals surface area contributed by atoms with Crippen LogP contribution in [0.15, 0.2) is 23.6 Å². The largest absolute Gasteiger partial charge is 0.358 e. The van der Waals surface area contributed by atoms with Gasteiger partial charge in [-0.25, -0.2) is 4.98 Å². The van der Waals surface area contributed by atoms with Crippen LogP contribution in [0.4, 0.5) is 0 Å². The SMILES string of the molecule is Cc1[nH]c2ccc(CNC(=O)c3csc(CCN)n3)cc2c1C. The number of carbonyl (C=O) groups is 1. The Morgan fingerprint density at radius 1 is 1.39 bits per heavy atom. The molecule has 1 aromatic carbocycles. The smallest absolute Gasteiger partial charge is 0.271 e. The molecule has 0 atom stereocenters. The van der Waals surface area contributed by atoms with E-state index in [4.69, 9.17) is 5.73 Å². The molecular weight excluding hydrogens is 308 g/mol. The van der Waals surface area contributed by atoms with Gasteiger partial charge in [-0.3, -0.25) is 4.79 Å². The second kappa shape index (κ2) is 6.52. The lowest BCUT2D eigenvalue weighted by Crippen LogP contribution is -2.23. The molecule has 0 saturated heterocycles. The fraction of sp³-hybridized carbons (Fsp3) is 0.294. The van der Waals surface area contributed by atoms with E-state index >= 15 is 0 Å². The second-order valence-corrected chi connectivity index (χ2v) is 6.55. The number of nitrogens with zero attached hydrogens (tertiary/aromatic N) is 1. The number of hydrogen-bond acceptors (Lipinski definition) is 4. The number of aromatic nitrogens is 2. The Hall–Kier alpha value is -2.18. The quantitative estimate of drug-likeness (QED) is 0.673. The highest BCUT2D eigenvalue weighted by Crippen LogP contribution is 2.22. The first kappa shape index (κ1) is 15.7. The molecule has 1 amide bonds. The Labute approximate surface area is 138 Å². The molecule has 23 heavy (non-hydrogen) atoms. The molecule has 0 fully saturated rings. The van der Waals surface area contributed by atoms with Crippen LogP contribution >= 0.6 is 11.3 Å². The van der Waals surface area contributed by atoms with Gasteiger partial charge in [-0.05, 0) is 43.7 Å². The number of carbonyl (C=O) groups excluding carboxylic acids is 1. The molecule has 0 bridgehead atoms. The lowest BCUT2D eigenvalue weighted by molar-refractivity contribution is 0.0946. The third-order valence-corrected chi connectivity index (χ3v) is 4.88. The van der Waals surface area contributed by atoms with E-state index in [1.165, 1.54) is 28.0 Å². The van der Waals surface area contributed by atoms with Crippen molar-refractivity contribution in [3.63, 3.8) is 0 Å². The van der Waals surface area contributed by atoms with Crippen LogP contribution < -0.4 is 11.1 Å². The molecule has 0 aliphatic carbocycles. The maximum absolute atomic E-state index is 12.2. The lowest BCUT2D eigenvalue weighted by Gasteiger charge is -2.04. The lowest BCUT2D eigenvalue weighted by atomic mass is 10.1. The maximum atomic E-state index is 12.2. The third-order valence-electron chi connectivity index (χ3n) is 3.97. The van der Waals surface area contributed by atoms with E-state index in [1.54, 1.807) is 5.38 Å². The number of rotatable bonds is 5. The number of hydrogen-bond donors (Lipinski definition) is 3. The Balaban J connectivity index is 1.69. The van der Waals surface area contributed by atoms with Crippen LogP contribution in [0.3, 0.4) is 0 Å². The summed E-state index contributed by atoms with van der Waals surface area (Å²) >= 11 is 1.47. The van der Waals surface area contributed by atoms with Gasteiger partial charge in [0.2, 0.25) is 0 Å². The van der Waals surface area contributed by atoms with Crippen LogP contribution in [0.5, 0.6) is 0 Å². The molecule has 0 saturated carbocycles. The third kappa shape index (κ3) is 3.28. The summed E-state index contributed by atoms with van der Waals surface area (Å²) in [4.78, 5) is 19.8. The Morgan fingerprint density at radius 2 is 2.22 bits per heavy atom. The van der Waals surface area contributed by atoms with Gasteiger partial charge in [0.15, 0.2) is 0 Å². The first-order valence-electron chi connectivity index (χ1n) is 7.59.